The van der Waals surface area contributed by atoms with Crippen LogP contribution in [-0.4, -0.2) is 21.1 Å². The molecule has 0 radical (unpaired) electrons. The lowest BCUT2D eigenvalue weighted by Crippen LogP contribution is -2.16. The summed E-state index contributed by atoms with van der Waals surface area (Å²) in [5, 5.41) is 18.3. The first-order valence-corrected chi connectivity index (χ1v) is 6.15. The number of benzene rings is 1. The molecule has 6 heteroatoms. The molecule has 1 heterocycles. The molecule has 0 atom stereocenters. The van der Waals surface area contributed by atoms with E-state index in [4.69, 9.17) is 5.26 Å². The highest BCUT2D eigenvalue weighted by atomic mass is 16.2. The van der Waals surface area contributed by atoms with E-state index in [1.165, 1.54) is 0 Å². The average molecular weight is 269 g/mol. The number of carbonyl (C=O) groups excluding carboxylic acids is 1. The Morgan fingerprint density at radius 3 is 2.65 bits per heavy atom. The third kappa shape index (κ3) is 2.83. The SMILES string of the molecule is CC(C)(C)c1nc(C(=O)Nc2ccccc2C#N)n[nH]1. The molecule has 0 unspecified atom stereocenters. The van der Waals surface area contributed by atoms with E-state index in [-0.39, 0.29) is 11.2 Å². The third-order valence-electron chi connectivity index (χ3n) is 2.69. The highest BCUT2D eigenvalue weighted by molar-refractivity contribution is 6.02. The van der Waals surface area contributed by atoms with E-state index in [9.17, 15) is 4.79 Å². The van der Waals surface area contributed by atoms with E-state index in [1.54, 1.807) is 24.3 Å². The highest BCUT2D eigenvalue weighted by Gasteiger charge is 2.21. The molecular weight excluding hydrogens is 254 g/mol. The summed E-state index contributed by atoms with van der Waals surface area (Å²) < 4.78 is 0. The maximum absolute atomic E-state index is 12.1. The van der Waals surface area contributed by atoms with Crippen LogP contribution in [0.1, 0.15) is 42.8 Å². The van der Waals surface area contributed by atoms with E-state index in [0.717, 1.165) is 0 Å². The average Bonchev–Trinajstić information content (AvgIpc) is 2.89. The fourth-order valence-electron chi connectivity index (χ4n) is 1.57. The van der Waals surface area contributed by atoms with E-state index < -0.39 is 5.91 Å². The van der Waals surface area contributed by atoms with Crippen molar-refractivity contribution < 1.29 is 4.79 Å². The van der Waals surface area contributed by atoms with Gasteiger partial charge in [-0.1, -0.05) is 32.9 Å². The Hall–Kier alpha value is -2.68. The number of nitriles is 1. The summed E-state index contributed by atoms with van der Waals surface area (Å²) in [4.78, 5) is 16.2. The number of aromatic amines is 1. The first kappa shape index (κ1) is 13.7. The minimum Gasteiger partial charge on any atom is -0.318 e. The maximum Gasteiger partial charge on any atom is 0.295 e. The van der Waals surface area contributed by atoms with Crippen molar-refractivity contribution in [2.45, 2.75) is 26.2 Å². The van der Waals surface area contributed by atoms with Crippen molar-refractivity contribution in [3.8, 4) is 6.07 Å². The summed E-state index contributed by atoms with van der Waals surface area (Å²) in [7, 11) is 0. The number of nitrogens with zero attached hydrogens (tertiary/aromatic N) is 3. The monoisotopic (exact) mass is 269 g/mol. The van der Waals surface area contributed by atoms with Gasteiger partial charge in [-0.25, -0.2) is 4.98 Å². The number of anilines is 1. The Balaban J connectivity index is 2.21. The number of amides is 1. The van der Waals surface area contributed by atoms with E-state index >= 15 is 0 Å². The Morgan fingerprint density at radius 2 is 2.05 bits per heavy atom. The molecule has 0 bridgehead atoms. The lowest BCUT2D eigenvalue weighted by molar-refractivity contribution is 0.101. The van der Waals surface area contributed by atoms with Gasteiger partial charge in [-0.15, -0.1) is 5.10 Å². The van der Waals surface area contributed by atoms with Gasteiger partial charge in [0, 0.05) is 5.41 Å². The van der Waals surface area contributed by atoms with Gasteiger partial charge in [0.2, 0.25) is 5.82 Å². The molecule has 6 nitrogen and oxygen atoms in total. The molecule has 2 aromatic rings. The zero-order valence-corrected chi connectivity index (χ0v) is 11.6. The summed E-state index contributed by atoms with van der Waals surface area (Å²) in [6, 6.07) is 8.79. The third-order valence-corrected chi connectivity index (χ3v) is 2.69. The summed E-state index contributed by atoms with van der Waals surface area (Å²) in [5.41, 5.74) is 0.630. The number of aromatic nitrogens is 3. The van der Waals surface area contributed by atoms with Gasteiger partial charge in [0.15, 0.2) is 0 Å². The Kier molecular flexibility index (Phi) is 3.53. The van der Waals surface area contributed by atoms with Crippen LogP contribution in [0.5, 0.6) is 0 Å². The topological polar surface area (TPSA) is 94.5 Å². The van der Waals surface area contributed by atoms with E-state index in [2.05, 4.69) is 20.5 Å². The van der Waals surface area contributed by atoms with Crippen LogP contribution in [0.2, 0.25) is 0 Å². The summed E-state index contributed by atoms with van der Waals surface area (Å²) in [6.45, 7) is 5.92. The molecule has 0 spiro atoms. The second-order valence-electron chi connectivity index (χ2n) is 5.37. The fourth-order valence-corrected chi connectivity index (χ4v) is 1.57. The number of hydrogen-bond donors (Lipinski definition) is 2. The Bertz CT molecular complexity index is 675. The number of para-hydroxylation sites is 1. The zero-order valence-electron chi connectivity index (χ0n) is 11.6. The quantitative estimate of drug-likeness (QED) is 0.874. The van der Waals surface area contributed by atoms with E-state index in [0.29, 0.717) is 17.1 Å². The molecular formula is C14H15N5O. The fraction of sp³-hybridized carbons (Fsp3) is 0.286. The van der Waals surface area contributed by atoms with Gasteiger partial charge < -0.3 is 5.32 Å². The number of nitrogens with one attached hydrogen (secondary N) is 2. The van der Waals surface area contributed by atoms with Crippen molar-refractivity contribution >= 4 is 11.6 Å². The normalized spacial score (nSPS) is 10.9. The maximum atomic E-state index is 12.1. The molecule has 2 rings (SSSR count). The predicted octanol–water partition coefficient (Wildman–Crippen LogP) is 2.23. The molecule has 1 aromatic heterocycles. The van der Waals surface area contributed by atoms with Gasteiger partial charge in [-0.05, 0) is 12.1 Å². The second kappa shape index (κ2) is 5.13. The zero-order chi connectivity index (χ0) is 14.8. The number of rotatable bonds is 2. The molecule has 0 fully saturated rings. The van der Waals surface area contributed by atoms with Crippen LogP contribution in [0.4, 0.5) is 5.69 Å². The van der Waals surface area contributed by atoms with Crippen LogP contribution >= 0.6 is 0 Å². The molecule has 0 saturated carbocycles. The van der Waals surface area contributed by atoms with Crippen LogP contribution in [0.3, 0.4) is 0 Å². The highest BCUT2D eigenvalue weighted by Crippen LogP contribution is 2.18. The lowest BCUT2D eigenvalue weighted by Gasteiger charge is -2.12. The molecule has 2 N–H and O–H groups in total. The molecule has 0 aliphatic carbocycles. The van der Waals surface area contributed by atoms with Crippen molar-refractivity contribution in [3.63, 3.8) is 0 Å². The van der Waals surface area contributed by atoms with Crippen LogP contribution in [0, 0.1) is 11.3 Å². The lowest BCUT2D eigenvalue weighted by atomic mass is 9.96. The van der Waals surface area contributed by atoms with Crippen LogP contribution in [0.15, 0.2) is 24.3 Å². The van der Waals surface area contributed by atoms with Gasteiger partial charge in [0.1, 0.15) is 11.9 Å². The molecule has 20 heavy (non-hydrogen) atoms. The number of carbonyl (C=O) groups is 1. The molecule has 102 valence electrons. The van der Waals surface area contributed by atoms with Gasteiger partial charge in [0.05, 0.1) is 11.3 Å². The van der Waals surface area contributed by atoms with Crippen molar-refractivity contribution in [1.29, 1.82) is 5.26 Å². The number of hydrogen-bond acceptors (Lipinski definition) is 4. The standard InChI is InChI=1S/C14H15N5O/c1-14(2,3)13-17-11(18-19-13)12(20)16-10-7-5-4-6-9(10)8-15/h4-7H,1-3H3,(H,16,20)(H,17,18,19). The van der Waals surface area contributed by atoms with Crippen molar-refractivity contribution in [3.05, 3.63) is 41.5 Å². The first-order valence-electron chi connectivity index (χ1n) is 6.15. The number of H-pyrrole nitrogens is 1. The minimum absolute atomic E-state index is 0.0580. The van der Waals surface area contributed by atoms with Crippen LogP contribution in [0.25, 0.3) is 0 Å². The van der Waals surface area contributed by atoms with Gasteiger partial charge in [-0.3, -0.25) is 9.89 Å². The molecule has 0 aliphatic heterocycles. The minimum atomic E-state index is -0.445. The summed E-state index contributed by atoms with van der Waals surface area (Å²) in [6.07, 6.45) is 0. The second-order valence-corrected chi connectivity index (χ2v) is 5.37. The largest absolute Gasteiger partial charge is 0.318 e. The Labute approximate surface area is 116 Å². The summed E-state index contributed by atoms with van der Waals surface area (Å²) >= 11 is 0. The van der Waals surface area contributed by atoms with Gasteiger partial charge >= 0.3 is 0 Å². The molecule has 1 amide bonds. The molecule has 0 aliphatic rings. The Morgan fingerprint density at radius 1 is 1.35 bits per heavy atom. The van der Waals surface area contributed by atoms with Gasteiger partial charge in [-0.2, -0.15) is 5.26 Å². The first-order chi connectivity index (χ1) is 9.41. The smallest absolute Gasteiger partial charge is 0.295 e. The van der Waals surface area contributed by atoms with Crippen LogP contribution in [-0.2, 0) is 5.41 Å². The van der Waals surface area contributed by atoms with Gasteiger partial charge in [0.25, 0.3) is 5.91 Å². The van der Waals surface area contributed by atoms with E-state index in [1.807, 2.05) is 26.8 Å². The predicted molar refractivity (Wildman–Crippen MR) is 74.2 cm³/mol. The van der Waals surface area contributed by atoms with Crippen LogP contribution < -0.4 is 5.32 Å². The molecule has 0 saturated heterocycles. The van der Waals surface area contributed by atoms with Crippen molar-refractivity contribution in [1.82, 2.24) is 15.2 Å². The summed E-state index contributed by atoms with van der Waals surface area (Å²) in [5.74, 6) is 0.248. The molecule has 1 aromatic carbocycles. The van der Waals surface area contributed by atoms with Crippen molar-refractivity contribution in [2.75, 3.05) is 5.32 Å². The van der Waals surface area contributed by atoms with Crippen molar-refractivity contribution in [2.24, 2.45) is 0 Å².